The van der Waals surface area contributed by atoms with Crippen LogP contribution < -0.4 is 5.32 Å². The first-order chi connectivity index (χ1) is 5.22. The summed E-state index contributed by atoms with van der Waals surface area (Å²) < 4.78 is 0. The summed E-state index contributed by atoms with van der Waals surface area (Å²) in [5.41, 5.74) is 0. The SMILES string of the molecule is O=C(CCCl)NC1CC(O)C1. The number of rotatable bonds is 3. The minimum Gasteiger partial charge on any atom is -0.393 e. The van der Waals surface area contributed by atoms with Crippen molar-refractivity contribution in [1.82, 2.24) is 5.32 Å². The van der Waals surface area contributed by atoms with E-state index in [0.29, 0.717) is 25.1 Å². The highest BCUT2D eigenvalue weighted by Gasteiger charge is 2.27. The van der Waals surface area contributed by atoms with Gasteiger partial charge in [0.2, 0.25) is 5.91 Å². The van der Waals surface area contributed by atoms with Gasteiger partial charge in [-0.25, -0.2) is 0 Å². The molecule has 4 heteroatoms. The average Bonchev–Trinajstić information content (AvgIpc) is 1.85. The van der Waals surface area contributed by atoms with Gasteiger partial charge in [-0.3, -0.25) is 4.79 Å². The third-order valence-electron chi connectivity index (χ3n) is 1.80. The van der Waals surface area contributed by atoms with E-state index >= 15 is 0 Å². The van der Waals surface area contributed by atoms with Crippen LogP contribution in [0.5, 0.6) is 0 Å². The number of nitrogens with one attached hydrogen (secondary N) is 1. The van der Waals surface area contributed by atoms with Crippen LogP contribution in [-0.2, 0) is 4.79 Å². The number of hydrogen-bond acceptors (Lipinski definition) is 2. The van der Waals surface area contributed by atoms with Crippen LogP contribution in [0, 0.1) is 0 Å². The summed E-state index contributed by atoms with van der Waals surface area (Å²) in [7, 11) is 0. The van der Waals surface area contributed by atoms with E-state index in [1.54, 1.807) is 0 Å². The Morgan fingerprint density at radius 3 is 2.73 bits per heavy atom. The summed E-state index contributed by atoms with van der Waals surface area (Å²) in [6, 6.07) is 0.181. The summed E-state index contributed by atoms with van der Waals surface area (Å²) in [6.45, 7) is 0. The highest BCUT2D eigenvalue weighted by molar-refractivity contribution is 6.18. The molecule has 64 valence electrons. The fourth-order valence-corrected chi connectivity index (χ4v) is 1.26. The topological polar surface area (TPSA) is 49.3 Å². The minimum atomic E-state index is -0.212. The van der Waals surface area contributed by atoms with Gasteiger partial charge in [-0.2, -0.15) is 0 Å². The summed E-state index contributed by atoms with van der Waals surface area (Å²) in [5.74, 6) is 0.345. The fourth-order valence-electron chi connectivity index (χ4n) is 1.09. The van der Waals surface area contributed by atoms with Crippen LogP contribution in [0.1, 0.15) is 19.3 Å². The first-order valence-corrected chi connectivity index (χ1v) is 4.29. The Hall–Kier alpha value is -0.280. The molecule has 0 bridgehead atoms. The van der Waals surface area contributed by atoms with Gasteiger partial charge in [-0.05, 0) is 12.8 Å². The van der Waals surface area contributed by atoms with Gasteiger partial charge in [-0.15, -0.1) is 11.6 Å². The van der Waals surface area contributed by atoms with Crippen molar-refractivity contribution in [2.75, 3.05) is 5.88 Å². The van der Waals surface area contributed by atoms with Crippen LogP contribution in [0.3, 0.4) is 0 Å². The van der Waals surface area contributed by atoms with Crippen molar-refractivity contribution in [2.24, 2.45) is 0 Å². The number of halogens is 1. The standard InChI is InChI=1S/C7H12ClNO2/c8-2-1-7(11)9-5-3-6(10)4-5/h5-6,10H,1-4H2,(H,9,11). The molecule has 0 aromatic rings. The monoisotopic (exact) mass is 177 g/mol. The number of alkyl halides is 1. The molecule has 1 aliphatic rings. The molecule has 3 nitrogen and oxygen atoms in total. The van der Waals surface area contributed by atoms with E-state index in [1.807, 2.05) is 0 Å². The average molecular weight is 178 g/mol. The number of aliphatic hydroxyl groups excluding tert-OH is 1. The lowest BCUT2D eigenvalue weighted by atomic mass is 9.89. The number of aliphatic hydroxyl groups is 1. The molecule has 0 unspecified atom stereocenters. The third kappa shape index (κ3) is 2.67. The molecular formula is C7H12ClNO2. The molecule has 1 aliphatic carbocycles. The Balaban J connectivity index is 2.07. The number of amides is 1. The Kier molecular flexibility index (Phi) is 3.15. The maximum atomic E-state index is 10.9. The second-order valence-electron chi connectivity index (χ2n) is 2.83. The highest BCUT2D eigenvalue weighted by Crippen LogP contribution is 2.19. The van der Waals surface area contributed by atoms with E-state index in [4.69, 9.17) is 16.7 Å². The molecule has 2 N–H and O–H groups in total. The molecule has 0 spiro atoms. The van der Waals surface area contributed by atoms with Crippen molar-refractivity contribution < 1.29 is 9.90 Å². The van der Waals surface area contributed by atoms with E-state index in [1.165, 1.54) is 0 Å². The normalized spacial score (nSPS) is 29.3. The van der Waals surface area contributed by atoms with Gasteiger partial charge in [-0.1, -0.05) is 0 Å². The van der Waals surface area contributed by atoms with Crippen molar-refractivity contribution in [1.29, 1.82) is 0 Å². The fraction of sp³-hybridized carbons (Fsp3) is 0.857. The lowest BCUT2D eigenvalue weighted by Gasteiger charge is -2.31. The maximum Gasteiger partial charge on any atom is 0.221 e. The van der Waals surface area contributed by atoms with Crippen LogP contribution in [0.2, 0.25) is 0 Å². The lowest BCUT2D eigenvalue weighted by molar-refractivity contribution is -0.122. The number of carbonyl (C=O) groups excluding carboxylic acids is 1. The Morgan fingerprint density at radius 1 is 1.64 bits per heavy atom. The number of carbonyl (C=O) groups is 1. The lowest BCUT2D eigenvalue weighted by Crippen LogP contribution is -2.46. The molecule has 0 aliphatic heterocycles. The summed E-state index contributed by atoms with van der Waals surface area (Å²) in [6.07, 6.45) is 1.53. The molecule has 1 rings (SSSR count). The van der Waals surface area contributed by atoms with Crippen LogP contribution in [0.15, 0.2) is 0 Å². The largest absolute Gasteiger partial charge is 0.393 e. The van der Waals surface area contributed by atoms with Gasteiger partial charge >= 0.3 is 0 Å². The Morgan fingerprint density at radius 2 is 2.27 bits per heavy atom. The van der Waals surface area contributed by atoms with Crippen molar-refractivity contribution in [3.05, 3.63) is 0 Å². The Bertz CT molecular complexity index is 145. The van der Waals surface area contributed by atoms with E-state index in [-0.39, 0.29) is 18.1 Å². The molecule has 0 saturated heterocycles. The van der Waals surface area contributed by atoms with Gasteiger partial charge in [0.1, 0.15) is 0 Å². The molecule has 0 radical (unpaired) electrons. The Labute approximate surface area is 70.7 Å². The molecule has 0 aromatic heterocycles. The molecule has 11 heavy (non-hydrogen) atoms. The molecule has 0 atom stereocenters. The van der Waals surface area contributed by atoms with Crippen LogP contribution in [-0.4, -0.2) is 29.0 Å². The summed E-state index contributed by atoms with van der Waals surface area (Å²) in [5, 5.41) is 11.6. The predicted octanol–water partition coefficient (Wildman–Crippen LogP) is 0.255. The van der Waals surface area contributed by atoms with Gasteiger partial charge in [0.15, 0.2) is 0 Å². The summed E-state index contributed by atoms with van der Waals surface area (Å²) >= 11 is 5.36. The van der Waals surface area contributed by atoms with Crippen LogP contribution >= 0.6 is 11.6 Å². The van der Waals surface area contributed by atoms with E-state index in [0.717, 1.165) is 0 Å². The van der Waals surface area contributed by atoms with E-state index in [2.05, 4.69) is 5.32 Å². The van der Waals surface area contributed by atoms with Crippen molar-refractivity contribution >= 4 is 17.5 Å². The first kappa shape index (κ1) is 8.81. The quantitative estimate of drug-likeness (QED) is 0.608. The molecular weight excluding hydrogens is 166 g/mol. The number of hydrogen-bond donors (Lipinski definition) is 2. The minimum absolute atomic E-state index is 0.0168. The maximum absolute atomic E-state index is 10.9. The predicted molar refractivity (Wildman–Crippen MR) is 42.5 cm³/mol. The highest BCUT2D eigenvalue weighted by atomic mass is 35.5. The van der Waals surface area contributed by atoms with Crippen molar-refractivity contribution in [2.45, 2.75) is 31.4 Å². The van der Waals surface area contributed by atoms with Crippen molar-refractivity contribution in [3.8, 4) is 0 Å². The second kappa shape index (κ2) is 3.93. The van der Waals surface area contributed by atoms with Crippen molar-refractivity contribution in [3.63, 3.8) is 0 Å². The smallest absolute Gasteiger partial charge is 0.221 e. The summed E-state index contributed by atoms with van der Waals surface area (Å²) in [4.78, 5) is 10.9. The molecule has 1 fully saturated rings. The second-order valence-corrected chi connectivity index (χ2v) is 3.21. The molecule has 0 heterocycles. The van der Waals surface area contributed by atoms with E-state index < -0.39 is 0 Å². The van der Waals surface area contributed by atoms with Crippen LogP contribution in [0.4, 0.5) is 0 Å². The van der Waals surface area contributed by atoms with Gasteiger partial charge in [0.05, 0.1) is 6.10 Å². The van der Waals surface area contributed by atoms with Gasteiger partial charge < -0.3 is 10.4 Å². The van der Waals surface area contributed by atoms with Gasteiger partial charge in [0, 0.05) is 18.3 Å². The molecule has 1 amide bonds. The third-order valence-corrected chi connectivity index (χ3v) is 1.99. The van der Waals surface area contributed by atoms with Gasteiger partial charge in [0.25, 0.3) is 0 Å². The molecule has 0 aromatic carbocycles. The zero-order chi connectivity index (χ0) is 8.27. The zero-order valence-corrected chi connectivity index (χ0v) is 6.97. The molecule has 1 saturated carbocycles. The first-order valence-electron chi connectivity index (χ1n) is 3.75. The van der Waals surface area contributed by atoms with E-state index in [9.17, 15) is 4.79 Å². The zero-order valence-electron chi connectivity index (χ0n) is 6.22. The van der Waals surface area contributed by atoms with Crippen LogP contribution in [0.25, 0.3) is 0 Å².